The molecule has 15 heavy (non-hydrogen) atoms. The Morgan fingerprint density at radius 3 is 2.60 bits per heavy atom. The van der Waals surface area contributed by atoms with Crippen LogP contribution in [-0.4, -0.2) is 11.7 Å². The zero-order valence-corrected chi connectivity index (χ0v) is 8.34. The molecule has 0 heterocycles. The highest BCUT2D eigenvalue weighted by atomic mass is 19.3. The first kappa shape index (κ1) is 10.4. The molecule has 4 heteroatoms. The van der Waals surface area contributed by atoms with Crippen molar-refractivity contribution in [2.75, 3.05) is 0 Å². The van der Waals surface area contributed by atoms with Crippen molar-refractivity contribution in [3.63, 3.8) is 0 Å². The number of halogens is 2. The van der Waals surface area contributed by atoms with Gasteiger partial charge in [0.1, 0.15) is 5.75 Å². The van der Waals surface area contributed by atoms with Gasteiger partial charge in [-0.2, -0.15) is 8.78 Å². The number of alkyl halides is 2. The van der Waals surface area contributed by atoms with Crippen LogP contribution in [0, 0.1) is 6.92 Å². The van der Waals surface area contributed by atoms with E-state index in [1.807, 2.05) is 0 Å². The number of rotatable bonds is 3. The summed E-state index contributed by atoms with van der Waals surface area (Å²) in [6, 6.07) is 5.06. The first-order valence-electron chi connectivity index (χ1n) is 4.80. The molecule has 0 amide bonds. The lowest BCUT2D eigenvalue weighted by Gasteiger charge is -2.16. The molecule has 0 bridgehead atoms. The summed E-state index contributed by atoms with van der Waals surface area (Å²) in [7, 11) is 0. The topological polar surface area (TPSA) is 29.5 Å². The van der Waals surface area contributed by atoms with E-state index in [-0.39, 0.29) is 5.75 Å². The van der Waals surface area contributed by atoms with Gasteiger partial charge in [0.05, 0.1) is 5.60 Å². The molecule has 0 saturated heterocycles. The van der Waals surface area contributed by atoms with Crippen molar-refractivity contribution in [1.82, 2.24) is 0 Å². The van der Waals surface area contributed by atoms with Crippen LogP contribution in [0.4, 0.5) is 8.78 Å². The Labute approximate surface area is 86.5 Å². The fraction of sp³-hybridized carbons (Fsp3) is 0.455. The Hall–Kier alpha value is -1.16. The molecular formula is C11H12F2O2. The van der Waals surface area contributed by atoms with Gasteiger partial charge in [0.25, 0.3) is 0 Å². The number of hydrogen-bond donors (Lipinski definition) is 1. The molecule has 1 fully saturated rings. The SMILES string of the molecule is Cc1cccc(C2(O)CC2)c1OC(F)F. The summed E-state index contributed by atoms with van der Waals surface area (Å²) in [6.45, 7) is -1.17. The maximum atomic E-state index is 12.2. The highest BCUT2D eigenvalue weighted by Crippen LogP contribution is 2.49. The van der Waals surface area contributed by atoms with Crippen LogP contribution in [0.1, 0.15) is 24.0 Å². The van der Waals surface area contributed by atoms with Crippen LogP contribution >= 0.6 is 0 Å². The minimum atomic E-state index is -2.85. The van der Waals surface area contributed by atoms with E-state index in [9.17, 15) is 13.9 Å². The van der Waals surface area contributed by atoms with Crippen LogP contribution in [0.25, 0.3) is 0 Å². The Balaban J connectivity index is 2.40. The van der Waals surface area contributed by atoms with Crippen LogP contribution in [0.3, 0.4) is 0 Å². The number of ether oxygens (including phenoxy) is 1. The maximum absolute atomic E-state index is 12.2. The molecule has 0 radical (unpaired) electrons. The molecule has 0 spiro atoms. The van der Waals surface area contributed by atoms with Crippen molar-refractivity contribution < 1.29 is 18.6 Å². The lowest BCUT2D eigenvalue weighted by atomic mass is 10.0. The molecule has 1 aliphatic rings. The Morgan fingerprint density at radius 1 is 1.40 bits per heavy atom. The molecule has 0 unspecified atom stereocenters. The summed E-state index contributed by atoms with van der Waals surface area (Å²) < 4.78 is 28.8. The van der Waals surface area contributed by atoms with Gasteiger partial charge in [-0.25, -0.2) is 0 Å². The average molecular weight is 214 g/mol. The van der Waals surface area contributed by atoms with Crippen molar-refractivity contribution in [2.45, 2.75) is 32.0 Å². The molecule has 1 aromatic carbocycles. The third-order valence-corrected chi connectivity index (χ3v) is 2.64. The molecular weight excluding hydrogens is 202 g/mol. The average Bonchev–Trinajstić information content (AvgIpc) is 2.88. The smallest absolute Gasteiger partial charge is 0.387 e. The van der Waals surface area contributed by atoms with E-state index in [0.29, 0.717) is 24.0 Å². The molecule has 0 aliphatic heterocycles. The van der Waals surface area contributed by atoms with Crippen LogP contribution in [-0.2, 0) is 5.60 Å². The number of aryl methyl sites for hydroxylation is 1. The summed E-state index contributed by atoms with van der Waals surface area (Å²) in [5, 5.41) is 9.89. The van der Waals surface area contributed by atoms with Gasteiger partial charge >= 0.3 is 6.61 Å². The molecule has 1 N–H and O–H groups in total. The quantitative estimate of drug-likeness (QED) is 0.837. The lowest BCUT2D eigenvalue weighted by Crippen LogP contribution is -2.12. The number of aliphatic hydroxyl groups is 1. The predicted molar refractivity (Wildman–Crippen MR) is 50.9 cm³/mol. The third-order valence-electron chi connectivity index (χ3n) is 2.64. The summed E-state index contributed by atoms with van der Waals surface area (Å²) >= 11 is 0. The van der Waals surface area contributed by atoms with E-state index in [1.165, 1.54) is 0 Å². The normalized spacial score (nSPS) is 17.9. The van der Waals surface area contributed by atoms with E-state index in [1.54, 1.807) is 25.1 Å². The maximum Gasteiger partial charge on any atom is 0.387 e. The molecule has 1 aliphatic carbocycles. The highest BCUT2D eigenvalue weighted by molar-refractivity contribution is 5.46. The Morgan fingerprint density at radius 2 is 2.07 bits per heavy atom. The van der Waals surface area contributed by atoms with Crippen molar-refractivity contribution >= 4 is 0 Å². The molecule has 2 rings (SSSR count). The van der Waals surface area contributed by atoms with Crippen LogP contribution in [0.5, 0.6) is 5.75 Å². The van der Waals surface area contributed by atoms with Crippen LogP contribution in [0.15, 0.2) is 18.2 Å². The molecule has 0 aromatic heterocycles. The number of para-hydroxylation sites is 1. The van der Waals surface area contributed by atoms with Crippen molar-refractivity contribution in [3.05, 3.63) is 29.3 Å². The summed E-state index contributed by atoms with van der Waals surface area (Å²) in [6.07, 6.45) is 1.21. The van der Waals surface area contributed by atoms with Gasteiger partial charge < -0.3 is 9.84 Å². The zero-order valence-electron chi connectivity index (χ0n) is 8.34. The van der Waals surface area contributed by atoms with E-state index >= 15 is 0 Å². The summed E-state index contributed by atoms with van der Waals surface area (Å²) in [5.74, 6) is 0.118. The van der Waals surface area contributed by atoms with Gasteiger partial charge in [0.15, 0.2) is 0 Å². The van der Waals surface area contributed by atoms with E-state index in [0.717, 1.165) is 0 Å². The number of hydrogen-bond acceptors (Lipinski definition) is 2. The fourth-order valence-corrected chi connectivity index (χ4v) is 1.65. The second-order valence-electron chi connectivity index (χ2n) is 3.86. The molecule has 0 atom stereocenters. The first-order valence-corrected chi connectivity index (χ1v) is 4.80. The minimum absolute atomic E-state index is 0.118. The van der Waals surface area contributed by atoms with Crippen molar-refractivity contribution in [3.8, 4) is 5.75 Å². The fourth-order valence-electron chi connectivity index (χ4n) is 1.65. The monoisotopic (exact) mass is 214 g/mol. The van der Waals surface area contributed by atoms with E-state index in [4.69, 9.17) is 0 Å². The van der Waals surface area contributed by atoms with Crippen LogP contribution in [0.2, 0.25) is 0 Å². The van der Waals surface area contributed by atoms with Gasteiger partial charge in [-0.05, 0) is 25.3 Å². The number of benzene rings is 1. The second-order valence-corrected chi connectivity index (χ2v) is 3.86. The molecule has 1 saturated carbocycles. The van der Waals surface area contributed by atoms with Gasteiger partial charge in [-0.3, -0.25) is 0 Å². The zero-order chi connectivity index (χ0) is 11.1. The third kappa shape index (κ3) is 1.95. The largest absolute Gasteiger partial charge is 0.434 e. The van der Waals surface area contributed by atoms with E-state index in [2.05, 4.69) is 4.74 Å². The van der Waals surface area contributed by atoms with Gasteiger partial charge in [-0.1, -0.05) is 18.2 Å². The van der Waals surface area contributed by atoms with Crippen molar-refractivity contribution in [1.29, 1.82) is 0 Å². The summed E-state index contributed by atoms with van der Waals surface area (Å²) in [5.41, 5.74) is 0.145. The molecule has 82 valence electrons. The standard InChI is InChI=1S/C11H12F2O2/c1-7-3-2-4-8(11(14)5-6-11)9(7)15-10(12)13/h2-4,10,14H,5-6H2,1H3. The second kappa shape index (κ2) is 3.45. The predicted octanol–water partition coefficient (Wildman–Crippen LogP) is 2.58. The van der Waals surface area contributed by atoms with Crippen molar-refractivity contribution in [2.24, 2.45) is 0 Å². The Bertz CT molecular complexity index is 373. The Kier molecular flexibility index (Phi) is 2.38. The van der Waals surface area contributed by atoms with E-state index < -0.39 is 12.2 Å². The van der Waals surface area contributed by atoms with Gasteiger partial charge in [0.2, 0.25) is 0 Å². The summed E-state index contributed by atoms with van der Waals surface area (Å²) in [4.78, 5) is 0. The molecule has 2 nitrogen and oxygen atoms in total. The van der Waals surface area contributed by atoms with Gasteiger partial charge in [-0.15, -0.1) is 0 Å². The van der Waals surface area contributed by atoms with Crippen LogP contribution < -0.4 is 4.74 Å². The van der Waals surface area contributed by atoms with Gasteiger partial charge in [0, 0.05) is 5.56 Å². The first-order chi connectivity index (χ1) is 7.03. The molecule has 1 aromatic rings. The minimum Gasteiger partial charge on any atom is -0.434 e. The lowest BCUT2D eigenvalue weighted by molar-refractivity contribution is -0.0523. The highest BCUT2D eigenvalue weighted by Gasteiger charge is 2.44.